The van der Waals surface area contributed by atoms with Gasteiger partial charge in [0.05, 0.1) is 17.2 Å². The molecule has 0 atom stereocenters. The molecule has 0 fully saturated rings. The Bertz CT molecular complexity index is 540. The molecule has 0 aliphatic rings. The van der Waals surface area contributed by atoms with E-state index in [0.29, 0.717) is 0 Å². The fourth-order valence-corrected chi connectivity index (χ4v) is 1.39. The van der Waals surface area contributed by atoms with Crippen molar-refractivity contribution in [3.63, 3.8) is 0 Å². The Morgan fingerprint density at radius 3 is 2.58 bits per heavy atom. The third-order valence-corrected chi connectivity index (χ3v) is 2.12. The molecule has 0 saturated heterocycles. The molecule has 0 heterocycles. The first-order valence-electron chi connectivity index (χ1n) is 5.33. The van der Waals surface area contributed by atoms with Gasteiger partial charge < -0.3 is 15.2 Å². The largest absolute Gasteiger partial charge is 0.506 e. The number of benzene rings is 1. The van der Waals surface area contributed by atoms with E-state index in [1.54, 1.807) is 6.92 Å². The van der Waals surface area contributed by atoms with Crippen LogP contribution in [0.4, 0.5) is 11.4 Å². The number of phenolic OH excluding ortho intramolecular Hbond substituents is 1. The molecule has 0 unspecified atom stereocenters. The number of nitrogens with one attached hydrogen (secondary N) is 1. The first kappa shape index (κ1) is 14.4. The van der Waals surface area contributed by atoms with Gasteiger partial charge in [-0.05, 0) is 6.92 Å². The lowest BCUT2D eigenvalue weighted by molar-refractivity contribution is -0.385. The maximum absolute atomic E-state index is 11.5. The minimum Gasteiger partial charge on any atom is -0.506 e. The molecular formula is C11H12N2O6. The first-order valence-corrected chi connectivity index (χ1v) is 5.33. The molecule has 1 amide bonds. The zero-order valence-corrected chi connectivity index (χ0v) is 10.3. The van der Waals surface area contributed by atoms with Crippen molar-refractivity contribution in [3.8, 4) is 5.75 Å². The maximum Gasteiger partial charge on any atom is 0.345 e. The number of carbonyl (C=O) groups excluding carboxylic acids is 2. The lowest BCUT2D eigenvalue weighted by Gasteiger charge is -2.08. The van der Waals surface area contributed by atoms with E-state index in [0.717, 1.165) is 12.1 Å². The predicted octanol–water partition coefficient (Wildman–Crippen LogP) is 1.44. The number of hydrogen-bond acceptors (Lipinski definition) is 6. The number of aromatic hydroxyl groups is 1. The third kappa shape index (κ3) is 3.41. The summed E-state index contributed by atoms with van der Waals surface area (Å²) in [7, 11) is 0. The second-order valence-corrected chi connectivity index (χ2v) is 3.55. The lowest BCUT2D eigenvalue weighted by Crippen LogP contribution is -2.10. The van der Waals surface area contributed by atoms with E-state index in [2.05, 4.69) is 10.1 Å². The zero-order chi connectivity index (χ0) is 14.6. The molecule has 2 N–H and O–H groups in total. The van der Waals surface area contributed by atoms with Crippen LogP contribution in [0, 0.1) is 10.1 Å². The molecule has 102 valence electrons. The van der Waals surface area contributed by atoms with E-state index >= 15 is 0 Å². The Labute approximate surface area is 108 Å². The van der Waals surface area contributed by atoms with Gasteiger partial charge in [0.2, 0.25) is 5.91 Å². The smallest absolute Gasteiger partial charge is 0.345 e. The van der Waals surface area contributed by atoms with Crippen LogP contribution >= 0.6 is 0 Å². The van der Waals surface area contributed by atoms with Crippen LogP contribution in [0.25, 0.3) is 0 Å². The van der Waals surface area contributed by atoms with Crippen LogP contribution in [0.15, 0.2) is 12.1 Å². The Morgan fingerprint density at radius 2 is 2.11 bits per heavy atom. The van der Waals surface area contributed by atoms with Crippen molar-refractivity contribution in [1.82, 2.24) is 0 Å². The average molecular weight is 268 g/mol. The average Bonchev–Trinajstić information content (AvgIpc) is 2.30. The number of hydrogen-bond donors (Lipinski definition) is 2. The summed E-state index contributed by atoms with van der Waals surface area (Å²) >= 11 is 0. The van der Waals surface area contributed by atoms with Gasteiger partial charge >= 0.3 is 5.97 Å². The normalized spacial score (nSPS) is 9.79. The number of nitro groups is 1. The van der Waals surface area contributed by atoms with Gasteiger partial charge in [-0.25, -0.2) is 4.79 Å². The van der Waals surface area contributed by atoms with Gasteiger partial charge in [-0.1, -0.05) is 0 Å². The monoisotopic (exact) mass is 268 g/mol. The van der Waals surface area contributed by atoms with Crippen LogP contribution in [0.3, 0.4) is 0 Å². The van der Waals surface area contributed by atoms with E-state index < -0.39 is 28.2 Å². The Morgan fingerprint density at radius 1 is 1.47 bits per heavy atom. The quantitative estimate of drug-likeness (QED) is 0.369. The Balaban J connectivity index is 3.32. The Kier molecular flexibility index (Phi) is 4.41. The summed E-state index contributed by atoms with van der Waals surface area (Å²) in [6.45, 7) is 2.78. The fourth-order valence-electron chi connectivity index (χ4n) is 1.39. The molecule has 0 aliphatic carbocycles. The van der Waals surface area contributed by atoms with Gasteiger partial charge in [0.1, 0.15) is 11.3 Å². The number of ether oxygens (including phenoxy) is 1. The van der Waals surface area contributed by atoms with Crippen LogP contribution in [0.1, 0.15) is 24.2 Å². The third-order valence-electron chi connectivity index (χ3n) is 2.12. The molecule has 0 spiro atoms. The summed E-state index contributed by atoms with van der Waals surface area (Å²) in [4.78, 5) is 32.5. The van der Waals surface area contributed by atoms with E-state index in [-0.39, 0.29) is 17.9 Å². The van der Waals surface area contributed by atoms with E-state index in [1.807, 2.05) is 0 Å². The summed E-state index contributed by atoms with van der Waals surface area (Å²) in [6.07, 6.45) is 0. The Hall–Kier alpha value is -2.64. The number of nitro benzene ring substituents is 1. The number of rotatable bonds is 4. The van der Waals surface area contributed by atoms with Crippen molar-refractivity contribution >= 4 is 23.3 Å². The van der Waals surface area contributed by atoms with Gasteiger partial charge in [0.25, 0.3) is 5.69 Å². The molecule has 19 heavy (non-hydrogen) atoms. The van der Waals surface area contributed by atoms with Crippen LogP contribution in [0.2, 0.25) is 0 Å². The van der Waals surface area contributed by atoms with E-state index in [9.17, 15) is 24.8 Å². The summed E-state index contributed by atoms with van der Waals surface area (Å²) < 4.78 is 4.65. The summed E-state index contributed by atoms with van der Waals surface area (Å²) in [5, 5.41) is 22.7. The van der Waals surface area contributed by atoms with Gasteiger partial charge in [0, 0.05) is 19.1 Å². The number of carbonyl (C=O) groups is 2. The lowest BCUT2D eigenvalue weighted by atomic mass is 10.1. The summed E-state index contributed by atoms with van der Waals surface area (Å²) in [5.41, 5.74) is -1.08. The van der Waals surface area contributed by atoms with Crippen LogP contribution in [0.5, 0.6) is 5.75 Å². The topological polar surface area (TPSA) is 119 Å². The van der Waals surface area contributed by atoms with Gasteiger partial charge in [-0.15, -0.1) is 0 Å². The highest BCUT2D eigenvalue weighted by molar-refractivity contribution is 5.97. The highest BCUT2D eigenvalue weighted by Gasteiger charge is 2.24. The minimum atomic E-state index is -0.918. The summed E-state index contributed by atoms with van der Waals surface area (Å²) in [6, 6.07) is 1.80. The van der Waals surface area contributed by atoms with E-state index in [1.165, 1.54) is 6.92 Å². The molecule has 0 saturated carbocycles. The molecule has 0 aromatic heterocycles. The standard InChI is InChI=1S/C11H12N2O6/c1-3-19-11(16)7-4-10(15)8(12-6(2)14)5-9(7)13(17)18/h4-5,15H,3H2,1-2H3,(H,12,14). The van der Waals surface area contributed by atoms with Crippen molar-refractivity contribution < 1.29 is 24.4 Å². The molecule has 0 bridgehead atoms. The second kappa shape index (κ2) is 5.80. The van der Waals surface area contributed by atoms with Gasteiger partial charge in [-0.2, -0.15) is 0 Å². The number of amides is 1. The number of phenols is 1. The molecule has 0 aliphatic heterocycles. The highest BCUT2D eigenvalue weighted by Crippen LogP contribution is 2.32. The fraction of sp³-hybridized carbons (Fsp3) is 0.273. The van der Waals surface area contributed by atoms with Crippen molar-refractivity contribution in [2.24, 2.45) is 0 Å². The van der Waals surface area contributed by atoms with Crippen molar-refractivity contribution in [3.05, 3.63) is 27.8 Å². The predicted molar refractivity (Wildman–Crippen MR) is 65.0 cm³/mol. The molecule has 0 radical (unpaired) electrons. The SMILES string of the molecule is CCOC(=O)c1cc(O)c(NC(C)=O)cc1[N+](=O)[O-]. The molecule has 1 aromatic carbocycles. The zero-order valence-electron chi connectivity index (χ0n) is 10.3. The van der Waals surface area contributed by atoms with Gasteiger partial charge in [0.15, 0.2) is 0 Å². The molecule has 8 nitrogen and oxygen atoms in total. The molecular weight excluding hydrogens is 256 g/mol. The second-order valence-electron chi connectivity index (χ2n) is 3.55. The molecule has 1 aromatic rings. The number of nitrogens with zero attached hydrogens (tertiary/aromatic N) is 1. The molecule has 8 heteroatoms. The highest BCUT2D eigenvalue weighted by atomic mass is 16.6. The van der Waals surface area contributed by atoms with Crippen molar-refractivity contribution in [1.29, 1.82) is 0 Å². The van der Waals surface area contributed by atoms with Crippen molar-refractivity contribution in [2.75, 3.05) is 11.9 Å². The number of anilines is 1. The minimum absolute atomic E-state index is 0.0458. The van der Waals surface area contributed by atoms with Gasteiger partial charge in [-0.3, -0.25) is 14.9 Å². The van der Waals surface area contributed by atoms with E-state index in [4.69, 9.17) is 0 Å². The molecule has 1 rings (SSSR count). The maximum atomic E-state index is 11.5. The first-order chi connectivity index (χ1) is 8.86. The van der Waals surface area contributed by atoms with Crippen LogP contribution < -0.4 is 5.32 Å². The van der Waals surface area contributed by atoms with Crippen LogP contribution in [-0.2, 0) is 9.53 Å². The summed E-state index contributed by atoms with van der Waals surface area (Å²) in [5.74, 6) is -1.88. The van der Waals surface area contributed by atoms with Crippen LogP contribution in [-0.4, -0.2) is 28.5 Å². The number of esters is 1. The van der Waals surface area contributed by atoms with Crippen molar-refractivity contribution in [2.45, 2.75) is 13.8 Å².